The first-order valence-corrected chi connectivity index (χ1v) is 13.1. The van der Waals surface area contributed by atoms with Crippen LogP contribution in [-0.2, 0) is 41.6 Å². The Bertz CT molecular complexity index is 1230. The van der Waals surface area contributed by atoms with Gasteiger partial charge in [-0.1, -0.05) is 60.7 Å². The average molecular weight is 585 g/mol. The number of nitrogens with one attached hydrogen (secondary N) is 5. The molecule has 0 saturated carbocycles. The van der Waals surface area contributed by atoms with E-state index in [0.717, 1.165) is 5.56 Å². The van der Waals surface area contributed by atoms with Gasteiger partial charge >= 0.3 is 5.97 Å². The van der Waals surface area contributed by atoms with Crippen LogP contribution >= 0.6 is 0 Å². The number of amides is 5. The zero-order valence-electron chi connectivity index (χ0n) is 23.0. The van der Waals surface area contributed by atoms with Crippen molar-refractivity contribution in [2.24, 2.45) is 5.73 Å². The molecule has 14 nitrogen and oxygen atoms in total. The summed E-state index contributed by atoms with van der Waals surface area (Å²) in [6.07, 6.45) is -1.10. The molecular formula is C28H36N6O8. The van der Waals surface area contributed by atoms with Crippen LogP contribution in [0.4, 0.5) is 0 Å². The number of carbonyl (C=O) groups is 6. The SMILES string of the molecule is C[C@@H](O)[C@H](NC(=O)[C@H](Cc1ccccc1)NC(=O)CNC(=O)CNC(=O)[C@@H](N)Cc1ccccc1)C(=O)NCC(=O)O. The Morgan fingerprint density at radius 1 is 0.690 bits per heavy atom. The van der Waals surface area contributed by atoms with Crippen LogP contribution in [0.5, 0.6) is 0 Å². The monoisotopic (exact) mass is 584 g/mol. The number of aliphatic hydroxyl groups is 1. The Kier molecular flexibility index (Phi) is 13.6. The number of rotatable bonds is 16. The maximum Gasteiger partial charge on any atom is 0.322 e. The number of aliphatic carboxylic acids is 1. The van der Waals surface area contributed by atoms with Gasteiger partial charge in [-0.25, -0.2) is 0 Å². The van der Waals surface area contributed by atoms with Gasteiger partial charge in [0, 0.05) is 6.42 Å². The molecule has 2 rings (SSSR count). The molecular weight excluding hydrogens is 548 g/mol. The van der Waals surface area contributed by atoms with Gasteiger partial charge in [0.1, 0.15) is 18.6 Å². The molecule has 0 aliphatic rings. The number of nitrogens with two attached hydrogens (primary N) is 1. The van der Waals surface area contributed by atoms with Crippen molar-refractivity contribution in [3.8, 4) is 0 Å². The highest BCUT2D eigenvalue weighted by molar-refractivity contribution is 5.94. The normalized spacial score (nSPS) is 13.4. The molecule has 2 aromatic carbocycles. The largest absolute Gasteiger partial charge is 0.480 e. The molecule has 0 aliphatic carbocycles. The number of aliphatic hydroxyl groups excluding tert-OH is 1. The van der Waals surface area contributed by atoms with Crippen LogP contribution in [0, 0.1) is 0 Å². The van der Waals surface area contributed by atoms with Gasteiger partial charge in [0.05, 0.1) is 25.2 Å². The van der Waals surface area contributed by atoms with Gasteiger partial charge in [0.15, 0.2) is 0 Å². The van der Waals surface area contributed by atoms with Crippen molar-refractivity contribution >= 4 is 35.5 Å². The highest BCUT2D eigenvalue weighted by Gasteiger charge is 2.30. The molecule has 14 heteroatoms. The molecule has 0 aromatic heterocycles. The van der Waals surface area contributed by atoms with E-state index in [-0.39, 0.29) is 12.8 Å². The second kappa shape index (κ2) is 17.1. The number of carboxylic acid groups (broad SMARTS) is 1. The van der Waals surface area contributed by atoms with Crippen molar-refractivity contribution in [1.82, 2.24) is 26.6 Å². The minimum atomic E-state index is -1.50. The molecule has 42 heavy (non-hydrogen) atoms. The van der Waals surface area contributed by atoms with Gasteiger partial charge in [-0.3, -0.25) is 28.8 Å². The smallest absolute Gasteiger partial charge is 0.322 e. The van der Waals surface area contributed by atoms with E-state index >= 15 is 0 Å². The van der Waals surface area contributed by atoms with Crippen LogP contribution in [0.1, 0.15) is 18.1 Å². The van der Waals surface area contributed by atoms with E-state index in [9.17, 15) is 33.9 Å². The lowest BCUT2D eigenvalue weighted by molar-refractivity contribution is -0.139. The van der Waals surface area contributed by atoms with E-state index in [2.05, 4.69) is 26.6 Å². The maximum atomic E-state index is 13.1. The van der Waals surface area contributed by atoms with Crippen molar-refractivity contribution < 1.29 is 39.0 Å². The first-order valence-electron chi connectivity index (χ1n) is 13.1. The summed E-state index contributed by atoms with van der Waals surface area (Å²) in [6, 6.07) is 14.2. The Morgan fingerprint density at radius 2 is 1.21 bits per heavy atom. The molecule has 0 fully saturated rings. The second-order valence-corrected chi connectivity index (χ2v) is 9.44. The van der Waals surface area contributed by atoms with E-state index in [1.165, 1.54) is 6.92 Å². The summed E-state index contributed by atoms with van der Waals surface area (Å²) >= 11 is 0. The Labute approximate surface area is 242 Å². The van der Waals surface area contributed by atoms with E-state index < -0.39 is 79.4 Å². The summed E-state index contributed by atoms with van der Waals surface area (Å²) in [5.41, 5.74) is 7.42. The third kappa shape index (κ3) is 12.1. The van der Waals surface area contributed by atoms with Gasteiger partial charge in [-0.2, -0.15) is 0 Å². The summed E-state index contributed by atoms with van der Waals surface area (Å²) in [5.74, 6) is -5.02. The molecule has 0 radical (unpaired) electrons. The number of hydrogen-bond donors (Lipinski definition) is 8. The van der Waals surface area contributed by atoms with Gasteiger partial charge in [-0.15, -0.1) is 0 Å². The van der Waals surface area contributed by atoms with E-state index in [4.69, 9.17) is 10.8 Å². The zero-order chi connectivity index (χ0) is 31.1. The van der Waals surface area contributed by atoms with Crippen molar-refractivity contribution in [3.63, 3.8) is 0 Å². The number of benzene rings is 2. The first kappa shape index (κ1) is 33.4. The van der Waals surface area contributed by atoms with Gasteiger partial charge < -0.3 is 42.5 Å². The molecule has 2 aromatic rings. The quantitative estimate of drug-likeness (QED) is 0.105. The number of hydrogen-bond acceptors (Lipinski definition) is 8. The topological polar surface area (TPSA) is 229 Å². The van der Waals surface area contributed by atoms with Crippen LogP contribution < -0.4 is 32.3 Å². The van der Waals surface area contributed by atoms with E-state index in [1.54, 1.807) is 30.3 Å². The van der Waals surface area contributed by atoms with Crippen molar-refractivity contribution in [1.29, 1.82) is 0 Å². The highest BCUT2D eigenvalue weighted by Crippen LogP contribution is 2.05. The second-order valence-electron chi connectivity index (χ2n) is 9.44. The van der Waals surface area contributed by atoms with Crippen LogP contribution in [0.25, 0.3) is 0 Å². The van der Waals surface area contributed by atoms with Crippen LogP contribution in [0.15, 0.2) is 60.7 Å². The number of carboxylic acids is 1. The third-order valence-electron chi connectivity index (χ3n) is 5.92. The minimum absolute atomic E-state index is 0.00495. The molecule has 9 N–H and O–H groups in total. The molecule has 0 bridgehead atoms. The lowest BCUT2D eigenvalue weighted by Crippen LogP contribution is -2.58. The van der Waals surface area contributed by atoms with Gasteiger partial charge in [-0.05, 0) is 24.5 Å². The summed E-state index contributed by atoms with van der Waals surface area (Å²) < 4.78 is 0. The lowest BCUT2D eigenvalue weighted by atomic mass is 10.0. The molecule has 0 heterocycles. The zero-order valence-corrected chi connectivity index (χ0v) is 23.0. The maximum absolute atomic E-state index is 13.1. The Hall–Kier alpha value is -4.82. The minimum Gasteiger partial charge on any atom is -0.480 e. The molecule has 0 saturated heterocycles. The predicted molar refractivity (Wildman–Crippen MR) is 150 cm³/mol. The van der Waals surface area contributed by atoms with E-state index in [0.29, 0.717) is 5.56 Å². The van der Waals surface area contributed by atoms with Crippen LogP contribution in [-0.4, -0.2) is 89.6 Å². The third-order valence-corrected chi connectivity index (χ3v) is 5.92. The van der Waals surface area contributed by atoms with Crippen molar-refractivity contribution in [3.05, 3.63) is 71.8 Å². The summed E-state index contributed by atoms with van der Waals surface area (Å²) in [5, 5.41) is 30.4. The molecule has 5 amide bonds. The Morgan fingerprint density at radius 3 is 1.76 bits per heavy atom. The number of carbonyl (C=O) groups excluding carboxylic acids is 5. The van der Waals surface area contributed by atoms with E-state index in [1.807, 2.05) is 30.3 Å². The van der Waals surface area contributed by atoms with Crippen LogP contribution in [0.2, 0.25) is 0 Å². The highest BCUT2D eigenvalue weighted by atomic mass is 16.4. The molecule has 0 aliphatic heterocycles. The molecule has 0 unspecified atom stereocenters. The van der Waals surface area contributed by atoms with Gasteiger partial charge in [0.2, 0.25) is 29.5 Å². The first-order chi connectivity index (χ1) is 20.0. The molecule has 0 spiro atoms. The summed E-state index contributed by atoms with van der Waals surface area (Å²) in [7, 11) is 0. The summed E-state index contributed by atoms with van der Waals surface area (Å²) in [6.45, 7) is -0.438. The molecule has 226 valence electrons. The Balaban J connectivity index is 1.93. The van der Waals surface area contributed by atoms with Crippen molar-refractivity contribution in [2.45, 2.75) is 44.0 Å². The fourth-order valence-corrected chi connectivity index (χ4v) is 3.74. The standard InChI is InChI=1S/C28H36N6O8/c1-17(35)25(28(42)32-16-24(38)39)34-27(41)21(13-19-10-6-3-7-11-19)33-23(37)15-30-22(36)14-31-26(40)20(29)12-18-8-4-2-5-9-18/h2-11,17,20-21,25,35H,12-16,29H2,1H3,(H,30,36)(H,31,40)(H,32,42)(H,33,37)(H,34,41)(H,38,39)/t17-,20+,21+,25+/m1/s1. The average Bonchev–Trinajstić information content (AvgIpc) is 2.96. The van der Waals surface area contributed by atoms with Crippen LogP contribution in [0.3, 0.4) is 0 Å². The molecule has 4 atom stereocenters. The van der Waals surface area contributed by atoms with Gasteiger partial charge in [0.25, 0.3) is 0 Å². The van der Waals surface area contributed by atoms with Crippen molar-refractivity contribution in [2.75, 3.05) is 19.6 Å². The fourth-order valence-electron chi connectivity index (χ4n) is 3.74. The fraction of sp³-hybridized carbons (Fsp3) is 0.357. The lowest BCUT2D eigenvalue weighted by Gasteiger charge is -2.24. The predicted octanol–water partition coefficient (Wildman–Crippen LogP) is -2.42. The summed E-state index contributed by atoms with van der Waals surface area (Å²) in [4.78, 5) is 73.2.